The van der Waals surface area contributed by atoms with Gasteiger partial charge in [-0.1, -0.05) is 12.1 Å². The molecule has 0 aliphatic heterocycles. The largest absolute Gasteiger partial charge is 0.392 e. The van der Waals surface area contributed by atoms with Crippen molar-refractivity contribution in [2.24, 2.45) is 0 Å². The zero-order valence-electron chi connectivity index (χ0n) is 7.38. The Hall–Kier alpha value is -1.22. The highest BCUT2D eigenvalue weighted by atomic mass is 19.1. The molecule has 0 bridgehead atoms. The molecule has 0 spiro atoms. The molecule has 1 aromatic carbocycles. The molecule has 0 aromatic heterocycles. The van der Waals surface area contributed by atoms with E-state index in [1.807, 2.05) is 0 Å². The Morgan fingerprint density at radius 3 is 2.77 bits per heavy atom. The van der Waals surface area contributed by atoms with Gasteiger partial charge in [0.1, 0.15) is 11.6 Å². The number of carbonyl (C=O) groups is 1. The Morgan fingerprint density at radius 1 is 1.54 bits per heavy atom. The van der Waals surface area contributed by atoms with Gasteiger partial charge >= 0.3 is 0 Å². The summed E-state index contributed by atoms with van der Waals surface area (Å²) in [4.78, 5) is 10.7. The number of aliphatic hydroxyl groups excluding tert-OH is 1. The Labute approximate surface area is 76.0 Å². The fourth-order valence-electron chi connectivity index (χ4n) is 1.15. The minimum atomic E-state index is -0.435. The fourth-order valence-corrected chi connectivity index (χ4v) is 1.15. The van der Waals surface area contributed by atoms with Crippen molar-refractivity contribution < 1.29 is 14.3 Å². The maximum atomic E-state index is 12.9. The number of Topliss-reactive ketones (excluding diaryl/α,β-unsaturated/α-hetero) is 1. The van der Waals surface area contributed by atoms with E-state index in [-0.39, 0.29) is 24.4 Å². The number of hydrogen-bond acceptors (Lipinski definition) is 2. The first-order valence-electron chi connectivity index (χ1n) is 4.01. The molecule has 0 radical (unpaired) electrons. The third kappa shape index (κ3) is 2.63. The topological polar surface area (TPSA) is 37.3 Å². The molecule has 1 rings (SSSR count). The number of rotatable bonds is 3. The van der Waals surface area contributed by atoms with Crippen molar-refractivity contribution in [2.45, 2.75) is 20.0 Å². The summed E-state index contributed by atoms with van der Waals surface area (Å²) < 4.78 is 12.9. The van der Waals surface area contributed by atoms with Crippen LogP contribution in [0.5, 0.6) is 0 Å². The minimum Gasteiger partial charge on any atom is -0.392 e. The summed E-state index contributed by atoms with van der Waals surface area (Å²) in [6.45, 7) is 1.14. The van der Waals surface area contributed by atoms with Crippen molar-refractivity contribution in [3.63, 3.8) is 0 Å². The quantitative estimate of drug-likeness (QED) is 0.768. The van der Waals surface area contributed by atoms with Gasteiger partial charge in [-0.3, -0.25) is 4.79 Å². The van der Waals surface area contributed by atoms with Gasteiger partial charge in [-0.05, 0) is 18.6 Å². The van der Waals surface area contributed by atoms with E-state index < -0.39 is 5.82 Å². The molecule has 0 fully saturated rings. The maximum absolute atomic E-state index is 12.9. The third-order valence-corrected chi connectivity index (χ3v) is 1.73. The molecular formula is C10H11FO2. The van der Waals surface area contributed by atoms with Gasteiger partial charge in [-0.2, -0.15) is 0 Å². The van der Waals surface area contributed by atoms with E-state index in [9.17, 15) is 9.18 Å². The first-order chi connectivity index (χ1) is 6.13. The van der Waals surface area contributed by atoms with E-state index in [0.29, 0.717) is 0 Å². The van der Waals surface area contributed by atoms with Crippen LogP contribution in [0.15, 0.2) is 18.2 Å². The predicted molar refractivity (Wildman–Crippen MR) is 46.7 cm³/mol. The molecular weight excluding hydrogens is 171 g/mol. The minimum absolute atomic E-state index is 0.0236. The lowest BCUT2D eigenvalue weighted by atomic mass is 10.1. The molecule has 0 amide bonds. The van der Waals surface area contributed by atoms with Gasteiger partial charge in [0.25, 0.3) is 0 Å². The van der Waals surface area contributed by atoms with E-state index in [0.717, 1.165) is 5.56 Å². The molecule has 0 heterocycles. The van der Waals surface area contributed by atoms with Gasteiger partial charge in [0.15, 0.2) is 0 Å². The lowest BCUT2D eigenvalue weighted by Gasteiger charge is -2.02. The van der Waals surface area contributed by atoms with Gasteiger partial charge in [-0.15, -0.1) is 0 Å². The van der Waals surface area contributed by atoms with Crippen LogP contribution in [0.2, 0.25) is 0 Å². The van der Waals surface area contributed by atoms with Gasteiger partial charge in [-0.25, -0.2) is 4.39 Å². The third-order valence-electron chi connectivity index (χ3n) is 1.73. The van der Waals surface area contributed by atoms with Crippen LogP contribution in [0.3, 0.4) is 0 Å². The van der Waals surface area contributed by atoms with Crippen molar-refractivity contribution >= 4 is 5.78 Å². The monoisotopic (exact) mass is 182 g/mol. The van der Waals surface area contributed by atoms with E-state index in [4.69, 9.17) is 5.11 Å². The molecule has 3 heteroatoms. The second-order valence-corrected chi connectivity index (χ2v) is 2.96. The molecule has 0 atom stereocenters. The van der Waals surface area contributed by atoms with Crippen LogP contribution in [0.1, 0.15) is 18.1 Å². The highest BCUT2D eigenvalue weighted by Gasteiger charge is 2.03. The number of benzene rings is 1. The average Bonchev–Trinajstić information content (AvgIpc) is 2.07. The molecule has 0 saturated heterocycles. The molecule has 0 unspecified atom stereocenters. The predicted octanol–water partition coefficient (Wildman–Crippen LogP) is 1.45. The van der Waals surface area contributed by atoms with Crippen LogP contribution >= 0.6 is 0 Å². The zero-order valence-corrected chi connectivity index (χ0v) is 7.38. The number of hydrogen-bond donors (Lipinski definition) is 1. The van der Waals surface area contributed by atoms with Crippen molar-refractivity contribution in [1.29, 1.82) is 0 Å². The van der Waals surface area contributed by atoms with Crippen LogP contribution in [0, 0.1) is 5.82 Å². The second kappa shape index (κ2) is 4.14. The van der Waals surface area contributed by atoms with Crippen molar-refractivity contribution in [1.82, 2.24) is 0 Å². The smallest absolute Gasteiger partial charge is 0.134 e. The molecule has 70 valence electrons. The molecule has 1 N–H and O–H groups in total. The summed E-state index contributed by atoms with van der Waals surface area (Å²) in [5.74, 6) is -0.412. The summed E-state index contributed by atoms with van der Waals surface area (Å²) in [5, 5.41) is 8.75. The van der Waals surface area contributed by atoms with Crippen LogP contribution < -0.4 is 0 Å². The van der Waals surface area contributed by atoms with Crippen molar-refractivity contribution in [3.05, 3.63) is 35.1 Å². The number of aliphatic hydroxyl groups is 1. The second-order valence-electron chi connectivity index (χ2n) is 2.96. The summed E-state index contributed by atoms with van der Waals surface area (Å²) in [6.07, 6.45) is 0.285. The van der Waals surface area contributed by atoms with Crippen molar-refractivity contribution in [3.8, 4) is 0 Å². The molecule has 0 aliphatic rings. The molecule has 1 aromatic rings. The normalized spacial score (nSPS) is 10.1. The molecule has 13 heavy (non-hydrogen) atoms. The molecule has 0 saturated carbocycles. The summed E-state index contributed by atoms with van der Waals surface area (Å²) in [5.41, 5.74) is 0.969. The van der Waals surface area contributed by atoms with E-state index in [1.165, 1.54) is 19.1 Å². The van der Waals surface area contributed by atoms with Crippen LogP contribution in [0.25, 0.3) is 0 Å². The number of ketones is 1. The van der Waals surface area contributed by atoms with Crippen LogP contribution in [-0.4, -0.2) is 10.9 Å². The Balaban J connectivity index is 2.92. The van der Waals surface area contributed by atoms with Gasteiger partial charge < -0.3 is 5.11 Å². The van der Waals surface area contributed by atoms with Gasteiger partial charge in [0, 0.05) is 12.0 Å². The van der Waals surface area contributed by atoms with Gasteiger partial charge in [0.05, 0.1) is 6.61 Å². The summed E-state index contributed by atoms with van der Waals surface area (Å²) in [6, 6.07) is 4.33. The molecule has 2 nitrogen and oxygen atoms in total. The van der Waals surface area contributed by atoms with Gasteiger partial charge in [0.2, 0.25) is 0 Å². The van der Waals surface area contributed by atoms with E-state index in [2.05, 4.69) is 0 Å². The lowest BCUT2D eigenvalue weighted by Crippen LogP contribution is -1.98. The number of halogens is 1. The highest BCUT2D eigenvalue weighted by molar-refractivity contribution is 5.78. The SMILES string of the molecule is CC(=O)Cc1ccc(F)c(CO)c1. The maximum Gasteiger partial charge on any atom is 0.134 e. The average molecular weight is 182 g/mol. The Bertz CT molecular complexity index is 321. The standard InChI is InChI=1S/C10H11FO2/c1-7(13)4-8-2-3-10(11)9(5-8)6-12/h2-3,5,12H,4,6H2,1H3. The summed E-state index contributed by atoms with van der Waals surface area (Å²) >= 11 is 0. The Morgan fingerprint density at radius 2 is 2.23 bits per heavy atom. The number of carbonyl (C=O) groups excluding carboxylic acids is 1. The summed E-state index contributed by atoms with van der Waals surface area (Å²) in [7, 11) is 0. The fraction of sp³-hybridized carbons (Fsp3) is 0.300. The van der Waals surface area contributed by atoms with E-state index >= 15 is 0 Å². The lowest BCUT2D eigenvalue weighted by molar-refractivity contribution is -0.116. The first-order valence-corrected chi connectivity index (χ1v) is 4.01. The van der Waals surface area contributed by atoms with E-state index in [1.54, 1.807) is 6.07 Å². The first kappa shape index (κ1) is 9.86. The van der Waals surface area contributed by atoms with Crippen LogP contribution in [0.4, 0.5) is 4.39 Å². The molecule has 0 aliphatic carbocycles. The Kier molecular flexibility index (Phi) is 3.14. The highest BCUT2D eigenvalue weighted by Crippen LogP contribution is 2.11. The zero-order chi connectivity index (χ0) is 9.84. The van der Waals surface area contributed by atoms with Crippen molar-refractivity contribution in [2.75, 3.05) is 0 Å². The van der Waals surface area contributed by atoms with Crippen LogP contribution in [-0.2, 0) is 17.8 Å².